The molecule has 0 amide bonds. The molecule has 6 heteroatoms. The summed E-state index contributed by atoms with van der Waals surface area (Å²) in [6.07, 6.45) is 5.12. The van der Waals surface area contributed by atoms with Crippen molar-refractivity contribution in [1.82, 2.24) is 19.2 Å². The molecule has 0 aromatic carbocycles. The predicted molar refractivity (Wildman–Crippen MR) is 72.5 cm³/mol. The minimum atomic E-state index is -0.0731. The van der Waals surface area contributed by atoms with Crippen LogP contribution in [0.25, 0.3) is 5.52 Å². The SMILES string of the molecule is Cc1cc2c(=O)n(Cc3ccnc(Cl)c3)ccn2n1. The first-order chi connectivity index (χ1) is 9.13. The molecule has 96 valence electrons. The maximum Gasteiger partial charge on any atom is 0.276 e. The Morgan fingerprint density at radius 2 is 2.16 bits per heavy atom. The Bertz CT molecular complexity index is 806. The van der Waals surface area contributed by atoms with Crippen LogP contribution in [0.4, 0.5) is 0 Å². The Hall–Kier alpha value is -2.14. The van der Waals surface area contributed by atoms with E-state index in [9.17, 15) is 4.79 Å². The molecule has 19 heavy (non-hydrogen) atoms. The lowest BCUT2D eigenvalue weighted by Gasteiger charge is -2.06. The van der Waals surface area contributed by atoms with Gasteiger partial charge in [-0.3, -0.25) is 4.79 Å². The quantitative estimate of drug-likeness (QED) is 0.671. The largest absolute Gasteiger partial charge is 0.308 e. The molecule has 0 unspecified atom stereocenters. The summed E-state index contributed by atoms with van der Waals surface area (Å²) in [5.41, 5.74) is 2.25. The van der Waals surface area contributed by atoms with Gasteiger partial charge in [0.25, 0.3) is 5.56 Å². The van der Waals surface area contributed by atoms with E-state index in [1.807, 2.05) is 13.0 Å². The maximum atomic E-state index is 12.3. The van der Waals surface area contributed by atoms with Crippen LogP contribution in [-0.2, 0) is 6.54 Å². The van der Waals surface area contributed by atoms with E-state index in [1.54, 1.807) is 39.8 Å². The van der Waals surface area contributed by atoms with Crippen molar-refractivity contribution in [3.05, 3.63) is 63.6 Å². The van der Waals surface area contributed by atoms with Crippen molar-refractivity contribution < 1.29 is 0 Å². The molecule has 0 atom stereocenters. The van der Waals surface area contributed by atoms with Gasteiger partial charge in [0, 0.05) is 18.6 Å². The van der Waals surface area contributed by atoms with Crippen molar-refractivity contribution in [3.8, 4) is 0 Å². The molecule has 0 aliphatic rings. The Morgan fingerprint density at radius 1 is 1.32 bits per heavy atom. The van der Waals surface area contributed by atoms with Gasteiger partial charge in [-0.1, -0.05) is 11.6 Å². The molecule has 3 rings (SSSR count). The fourth-order valence-corrected chi connectivity index (χ4v) is 2.21. The van der Waals surface area contributed by atoms with Crippen LogP contribution >= 0.6 is 11.6 Å². The summed E-state index contributed by atoms with van der Waals surface area (Å²) in [6, 6.07) is 5.36. The first kappa shape index (κ1) is 11.9. The van der Waals surface area contributed by atoms with Crippen molar-refractivity contribution in [3.63, 3.8) is 0 Å². The molecule has 0 aliphatic heterocycles. The van der Waals surface area contributed by atoms with Crippen LogP contribution in [0.5, 0.6) is 0 Å². The molecule has 0 fully saturated rings. The highest BCUT2D eigenvalue weighted by atomic mass is 35.5. The molecule has 3 aromatic rings. The number of pyridine rings is 1. The number of halogens is 1. The molecule has 5 nitrogen and oxygen atoms in total. The molecule has 3 heterocycles. The van der Waals surface area contributed by atoms with Crippen LogP contribution in [0.1, 0.15) is 11.3 Å². The highest BCUT2D eigenvalue weighted by Crippen LogP contribution is 2.08. The average molecular weight is 275 g/mol. The van der Waals surface area contributed by atoms with Crippen LogP contribution < -0.4 is 5.56 Å². The summed E-state index contributed by atoms with van der Waals surface area (Å²) in [4.78, 5) is 16.2. The van der Waals surface area contributed by atoms with Gasteiger partial charge in [-0.05, 0) is 30.7 Å². The summed E-state index contributed by atoms with van der Waals surface area (Å²) in [6.45, 7) is 2.32. The second kappa shape index (κ2) is 4.51. The average Bonchev–Trinajstić information content (AvgIpc) is 2.75. The lowest BCUT2D eigenvalue weighted by atomic mass is 10.2. The molecule has 0 saturated heterocycles. The third kappa shape index (κ3) is 2.24. The van der Waals surface area contributed by atoms with Gasteiger partial charge in [-0.25, -0.2) is 9.50 Å². The molecule has 0 N–H and O–H groups in total. The van der Waals surface area contributed by atoms with Crippen LogP contribution in [0.15, 0.2) is 41.6 Å². The minimum Gasteiger partial charge on any atom is -0.308 e. The van der Waals surface area contributed by atoms with Crippen molar-refractivity contribution in [2.45, 2.75) is 13.5 Å². The number of aryl methyl sites for hydroxylation is 1. The molecule has 0 saturated carbocycles. The normalized spacial score (nSPS) is 11.1. The Labute approximate surface area is 114 Å². The monoisotopic (exact) mass is 274 g/mol. The number of rotatable bonds is 2. The van der Waals surface area contributed by atoms with Crippen LogP contribution in [-0.4, -0.2) is 19.2 Å². The van der Waals surface area contributed by atoms with E-state index in [1.165, 1.54) is 0 Å². The molecule has 0 bridgehead atoms. The molecular weight excluding hydrogens is 264 g/mol. The van der Waals surface area contributed by atoms with Crippen molar-refractivity contribution in [2.75, 3.05) is 0 Å². The molecular formula is C13H11ClN4O. The topological polar surface area (TPSA) is 52.2 Å². The number of hydrogen-bond donors (Lipinski definition) is 0. The van der Waals surface area contributed by atoms with Gasteiger partial charge in [0.05, 0.1) is 12.2 Å². The van der Waals surface area contributed by atoms with E-state index in [0.29, 0.717) is 17.2 Å². The second-order valence-corrected chi connectivity index (χ2v) is 4.72. The minimum absolute atomic E-state index is 0.0731. The van der Waals surface area contributed by atoms with E-state index < -0.39 is 0 Å². The highest BCUT2D eigenvalue weighted by molar-refractivity contribution is 6.29. The first-order valence-corrected chi connectivity index (χ1v) is 6.17. The summed E-state index contributed by atoms with van der Waals surface area (Å²) in [5.74, 6) is 0. The smallest absolute Gasteiger partial charge is 0.276 e. The van der Waals surface area contributed by atoms with Gasteiger partial charge >= 0.3 is 0 Å². The first-order valence-electron chi connectivity index (χ1n) is 5.79. The number of aromatic nitrogens is 4. The van der Waals surface area contributed by atoms with Crippen LogP contribution in [0.3, 0.4) is 0 Å². The van der Waals surface area contributed by atoms with Crippen molar-refractivity contribution in [2.24, 2.45) is 0 Å². The third-order valence-electron chi connectivity index (χ3n) is 2.87. The van der Waals surface area contributed by atoms with Gasteiger partial charge in [0.15, 0.2) is 0 Å². The van der Waals surface area contributed by atoms with Gasteiger partial charge in [0.1, 0.15) is 10.7 Å². The molecule has 0 radical (unpaired) electrons. The Balaban J connectivity index is 2.06. The maximum absolute atomic E-state index is 12.3. The fourth-order valence-electron chi connectivity index (χ4n) is 2.01. The van der Waals surface area contributed by atoms with Crippen molar-refractivity contribution >= 4 is 17.1 Å². The molecule has 3 aromatic heterocycles. The van der Waals surface area contributed by atoms with Gasteiger partial charge in [-0.15, -0.1) is 0 Å². The standard InChI is InChI=1S/C13H11ClN4O/c1-9-6-11-13(19)17(4-5-18(11)16-9)8-10-2-3-15-12(14)7-10/h2-7H,8H2,1H3. The Morgan fingerprint density at radius 3 is 2.95 bits per heavy atom. The lowest BCUT2D eigenvalue weighted by molar-refractivity contribution is 0.741. The van der Waals surface area contributed by atoms with E-state index in [-0.39, 0.29) is 5.56 Å². The zero-order valence-corrected chi connectivity index (χ0v) is 11.0. The van der Waals surface area contributed by atoms with Gasteiger partial charge < -0.3 is 4.57 Å². The van der Waals surface area contributed by atoms with Gasteiger partial charge in [0.2, 0.25) is 0 Å². The van der Waals surface area contributed by atoms with Crippen molar-refractivity contribution in [1.29, 1.82) is 0 Å². The summed E-state index contributed by atoms with van der Waals surface area (Å²) in [5, 5.41) is 4.63. The van der Waals surface area contributed by atoms with E-state index in [4.69, 9.17) is 11.6 Å². The van der Waals surface area contributed by atoms with E-state index in [2.05, 4.69) is 10.1 Å². The summed E-state index contributed by atoms with van der Waals surface area (Å²) < 4.78 is 3.22. The van der Waals surface area contributed by atoms with E-state index in [0.717, 1.165) is 11.3 Å². The lowest BCUT2D eigenvalue weighted by Crippen LogP contribution is -2.21. The fraction of sp³-hybridized carbons (Fsp3) is 0.154. The van der Waals surface area contributed by atoms with E-state index >= 15 is 0 Å². The zero-order chi connectivity index (χ0) is 13.4. The highest BCUT2D eigenvalue weighted by Gasteiger charge is 2.06. The molecule has 0 spiro atoms. The Kier molecular flexibility index (Phi) is 2.83. The van der Waals surface area contributed by atoms with Crippen LogP contribution in [0, 0.1) is 6.92 Å². The van der Waals surface area contributed by atoms with Gasteiger partial charge in [-0.2, -0.15) is 5.10 Å². The van der Waals surface area contributed by atoms with Crippen LogP contribution in [0.2, 0.25) is 5.15 Å². The number of hydrogen-bond acceptors (Lipinski definition) is 3. The third-order valence-corrected chi connectivity index (χ3v) is 3.08. The molecule has 0 aliphatic carbocycles. The zero-order valence-electron chi connectivity index (χ0n) is 10.2. The summed E-state index contributed by atoms with van der Waals surface area (Å²) in [7, 11) is 0. The summed E-state index contributed by atoms with van der Waals surface area (Å²) >= 11 is 5.84. The number of fused-ring (bicyclic) bond motifs is 1. The predicted octanol–water partition coefficient (Wildman–Crippen LogP) is 1.90. The second-order valence-electron chi connectivity index (χ2n) is 4.33. The number of nitrogens with zero attached hydrogens (tertiary/aromatic N) is 4.